The lowest BCUT2D eigenvalue weighted by Crippen LogP contribution is -2.20. The minimum Gasteiger partial charge on any atom is -0.483 e. The summed E-state index contributed by atoms with van der Waals surface area (Å²) < 4.78 is 45.1. The average Bonchev–Trinajstić information content (AvgIpc) is 3.33. The Hall–Kier alpha value is -3.99. The highest BCUT2D eigenvalue weighted by Gasteiger charge is 2.33. The second kappa shape index (κ2) is 9.25. The largest absolute Gasteiger partial charge is 0.483 e. The molecule has 2 heterocycles. The van der Waals surface area contributed by atoms with Crippen molar-refractivity contribution >= 4 is 45.4 Å². The van der Waals surface area contributed by atoms with E-state index >= 15 is 0 Å². The van der Waals surface area contributed by atoms with Gasteiger partial charge in [-0.15, -0.1) is 11.3 Å². The zero-order valence-electron chi connectivity index (χ0n) is 16.7. The highest BCUT2D eigenvalue weighted by molar-refractivity contribution is 7.11. The Kier molecular flexibility index (Phi) is 6.22. The number of hydrogen-bond donors (Lipinski definition) is 2. The molecule has 0 unspecified atom stereocenters. The lowest BCUT2D eigenvalue weighted by Gasteiger charge is -2.13. The van der Waals surface area contributed by atoms with E-state index in [1.54, 1.807) is 29.6 Å². The predicted molar refractivity (Wildman–Crippen MR) is 117 cm³/mol. The van der Waals surface area contributed by atoms with Gasteiger partial charge in [-0.05, 0) is 42.5 Å². The SMILES string of the molecule is O=C(COc1ccnc2c(C(F)(F)F)cccc12)Nc1ccc(NC(=O)c2nccs2)cc1. The van der Waals surface area contributed by atoms with Crippen LogP contribution in [-0.2, 0) is 11.0 Å². The average molecular weight is 472 g/mol. The number of thiazole rings is 1. The van der Waals surface area contributed by atoms with Crippen molar-refractivity contribution in [2.45, 2.75) is 6.18 Å². The summed E-state index contributed by atoms with van der Waals surface area (Å²) in [4.78, 5) is 32.0. The molecule has 11 heteroatoms. The number of nitrogens with zero attached hydrogens (tertiary/aromatic N) is 2. The molecule has 2 aromatic carbocycles. The van der Waals surface area contributed by atoms with Gasteiger partial charge in [-0.2, -0.15) is 13.2 Å². The van der Waals surface area contributed by atoms with Crippen molar-refractivity contribution in [3.05, 3.63) is 76.9 Å². The van der Waals surface area contributed by atoms with Gasteiger partial charge in [0.15, 0.2) is 11.6 Å². The van der Waals surface area contributed by atoms with Crippen molar-refractivity contribution in [2.24, 2.45) is 0 Å². The van der Waals surface area contributed by atoms with Crippen LogP contribution in [0.25, 0.3) is 10.9 Å². The topological polar surface area (TPSA) is 93.2 Å². The third-order valence-corrected chi connectivity index (χ3v) is 5.22. The fourth-order valence-electron chi connectivity index (χ4n) is 3.00. The number of pyridine rings is 1. The van der Waals surface area contributed by atoms with Crippen LogP contribution in [0.1, 0.15) is 15.4 Å². The maximum Gasteiger partial charge on any atom is 0.418 e. The highest BCUT2D eigenvalue weighted by Crippen LogP contribution is 2.36. The number of para-hydroxylation sites is 1. The number of halogens is 3. The Morgan fingerprint density at radius 1 is 0.939 bits per heavy atom. The van der Waals surface area contributed by atoms with E-state index in [0.717, 1.165) is 6.07 Å². The van der Waals surface area contributed by atoms with E-state index in [1.807, 2.05) is 0 Å². The van der Waals surface area contributed by atoms with Gasteiger partial charge < -0.3 is 15.4 Å². The van der Waals surface area contributed by atoms with Gasteiger partial charge in [-0.25, -0.2) is 4.98 Å². The molecule has 2 amide bonds. The zero-order chi connectivity index (χ0) is 23.4. The summed E-state index contributed by atoms with van der Waals surface area (Å²) >= 11 is 1.21. The molecule has 33 heavy (non-hydrogen) atoms. The van der Waals surface area contributed by atoms with Crippen LogP contribution in [0, 0.1) is 0 Å². The molecular weight excluding hydrogens is 457 g/mol. The number of rotatable bonds is 6. The first-order chi connectivity index (χ1) is 15.8. The molecule has 0 spiro atoms. The standard InChI is InChI=1S/C22H15F3N4O3S/c23-22(24,25)16-3-1-2-15-17(8-9-26-19(15)16)32-12-18(30)28-13-4-6-14(7-5-13)29-20(31)21-27-10-11-33-21/h1-11H,12H2,(H,28,30)(H,29,31). The fraction of sp³-hybridized carbons (Fsp3) is 0.0909. The summed E-state index contributed by atoms with van der Waals surface area (Å²) in [5, 5.41) is 7.49. The Bertz CT molecular complexity index is 1290. The van der Waals surface area contributed by atoms with Crippen LogP contribution in [-0.4, -0.2) is 28.4 Å². The number of carbonyl (C=O) groups excluding carboxylic acids is 2. The van der Waals surface area contributed by atoms with Gasteiger partial charge in [-0.1, -0.05) is 6.07 Å². The highest BCUT2D eigenvalue weighted by atomic mass is 32.1. The number of aromatic nitrogens is 2. The molecule has 0 saturated heterocycles. The van der Waals surface area contributed by atoms with Crippen molar-refractivity contribution in [3.63, 3.8) is 0 Å². The first kappa shape index (κ1) is 22.2. The lowest BCUT2D eigenvalue weighted by molar-refractivity contribution is -0.136. The molecule has 4 aromatic rings. The maximum absolute atomic E-state index is 13.2. The molecule has 0 aliphatic carbocycles. The summed E-state index contributed by atoms with van der Waals surface area (Å²) in [6, 6.07) is 11.4. The van der Waals surface area contributed by atoms with Gasteiger partial charge in [-0.3, -0.25) is 14.6 Å². The Morgan fingerprint density at radius 2 is 1.67 bits per heavy atom. The molecule has 0 saturated carbocycles. The van der Waals surface area contributed by atoms with Gasteiger partial charge in [0, 0.05) is 34.5 Å². The number of fused-ring (bicyclic) bond motifs is 1. The molecule has 168 valence electrons. The second-order valence-corrected chi connectivity index (χ2v) is 7.61. The van der Waals surface area contributed by atoms with Crippen molar-refractivity contribution < 1.29 is 27.5 Å². The van der Waals surface area contributed by atoms with Gasteiger partial charge in [0.05, 0.1) is 11.1 Å². The summed E-state index contributed by atoms with van der Waals surface area (Å²) in [6.45, 7) is -0.419. The van der Waals surface area contributed by atoms with E-state index in [9.17, 15) is 22.8 Å². The van der Waals surface area contributed by atoms with Gasteiger partial charge in [0.25, 0.3) is 11.8 Å². The quantitative estimate of drug-likeness (QED) is 0.413. The van der Waals surface area contributed by atoms with Crippen LogP contribution in [0.4, 0.5) is 24.5 Å². The van der Waals surface area contributed by atoms with E-state index in [-0.39, 0.29) is 22.6 Å². The van der Waals surface area contributed by atoms with E-state index < -0.39 is 24.3 Å². The number of carbonyl (C=O) groups is 2. The van der Waals surface area contributed by atoms with Crippen molar-refractivity contribution in [1.29, 1.82) is 0 Å². The van der Waals surface area contributed by atoms with E-state index in [4.69, 9.17) is 4.74 Å². The van der Waals surface area contributed by atoms with Gasteiger partial charge in [0.1, 0.15) is 5.75 Å². The Morgan fingerprint density at radius 3 is 2.33 bits per heavy atom. The molecule has 2 N–H and O–H groups in total. The lowest BCUT2D eigenvalue weighted by atomic mass is 10.1. The minimum atomic E-state index is -4.56. The fourth-order valence-corrected chi connectivity index (χ4v) is 3.53. The van der Waals surface area contributed by atoms with Crippen LogP contribution in [0.2, 0.25) is 0 Å². The predicted octanol–water partition coefficient (Wildman–Crippen LogP) is 4.98. The first-order valence-electron chi connectivity index (χ1n) is 9.50. The number of ether oxygens (including phenoxy) is 1. The molecule has 0 fully saturated rings. The number of hydrogen-bond acceptors (Lipinski definition) is 6. The number of alkyl halides is 3. The Balaban J connectivity index is 1.38. The third kappa shape index (κ3) is 5.26. The molecule has 2 aromatic heterocycles. The van der Waals surface area contributed by atoms with Crippen LogP contribution in [0.3, 0.4) is 0 Å². The van der Waals surface area contributed by atoms with Gasteiger partial charge >= 0.3 is 6.18 Å². The summed E-state index contributed by atoms with van der Waals surface area (Å²) in [7, 11) is 0. The summed E-state index contributed by atoms with van der Waals surface area (Å²) in [5.74, 6) is -0.735. The van der Waals surface area contributed by atoms with E-state index in [2.05, 4.69) is 20.6 Å². The number of anilines is 2. The molecule has 7 nitrogen and oxygen atoms in total. The van der Waals surface area contributed by atoms with Crippen molar-refractivity contribution in [3.8, 4) is 5.75 Å². The zero-order valence-corrected chi connectivity index (χ0v) is 17.5. The summed E-state index contributed by atoms with van der Waals surface area (Å²) in [6.07, 6.45) is -1.83. The Labute approximate surface area is 189 Å². The number of amides is 2. The van der Waals surface area contributed by atoms with Crippen LogP contribution in [0.5, 0.6) is 5.75 Å². The van der Waals surface area contributed by atoms with E-state index in [1.165, 1.54) is 41.9 Å². The van der Waals surface area contributed by atoms with Gasteiger partial charge in [0.2, 0.25) is 0 Å². The van der Waals surface area contributed by atoms with Crippen LogP contribution >= 0.6 is 11.3 Å². The monoisotopic (exact) mass is 472 g/mol. The molecule has 0 aliphatic rings. The van der Waals surface area contributed by atoms with Crippen molar-refractivity contribution in [2.75, 3.05) is 17.2 Å². The van der Waals surface area contributed by atoms with Crippen LogP contribution in [0.15, 0.2) is 66.3 Å². The van der Waals surface area contributed by atoms with E-state index in [0.29, 0.717) is 16.4 Å². The first-order valence-corrected chi connectivity index (χ1v) is 10.4. The smallest absolute Gasteiger partial charge is 0.418 e. The minimum absolute atomic E-state index is 0.112. The second-order valence-electron chi connectivity index (χ2n) is 6.71. The molecule has 0 radical (unpaired) electrons. The molecule has 0 bridgehead atoms. The maximum atomic E-state index is 13.2. The third-order valence-electron chi connectivity index (χ3n) is 4.45. The molecular formula is C22H15F3N4O3S. The number of benzene rings is 2. The molecule has 0 aliphatic heterocycles. The molecule has 4 rings (SSSR count). The summed E-state index contributed by atoms with van der Waals surface area (Å²) in [5.41, 5.74) is -0.154. The molecule has 0 atom stereocenters. The number of nitrogens with one attached hydrogen (secondary N) is 2. The normalized spacial score (nSPS) is 11.2. The van der Waals surface area contributed by atoms with Crippen LogP contribution < -0.4 is 15.4 Å². The van der Waals surface area contributed by atoms with Crippen molar-refractivity contribution in [1.82, 2.24) is 9.97 Å².